The second-order valence-electron chi connectivity index (χ2n) is 3.95. The van der Waals surface area contributed by atoms with Crippen molar-refractivity contribution in [3.8, 4) is 5.75 Å². The summed E-state index contributed by atoms with van der Waals surface area (Å²) in [5.41, 5.74) is 0.895. The van der Waals surface area contributed by atoms with Gasteiger partial charge >= 0.3 is 0 Å². The van der Waals surface area contributed by atoms with Crippen LogP contribution in [0.2, 0.25) is 0 Å². The molecule has 1 aromatic carbocycles. The molecule has 1 N–H and O–H groups in total. The minimum Gasteiger partial charge on any atom is -0.493 e. The zero-order valence-corrected chi connectivity index (χ0v) is 9.03. The number of aliphatic hydroxyl groups is 1. The fraction of sp³-hybridized carbons (Fsp3) is 0.500. The van der Waals surface area contributed by atoms with Gasteiger partial charge in [-0.2, -0.15) is 0 Å². The molecule has 2 heteroatoms. The topological polar surface area (TPSA) is 29.5 Å². The van der Waals surface area contributed by atoms with Gasteiger partial charge in [-0.05, 0) is 30.5 Å². The number of aliphatic hydroxyl groups excluding tert-OH is 1. The zero-order valence-electron chi connectivity index (χ0n) is 9.03. The third kappa shape index (κ3) is 3.38. The Labute approximate surface area is 85.5 Å². The normalized spacial score (nSPS) is 12.9. The first-order chi connectivity index (χ1) is 6.59. The molecule has 1 aromatic rings. The molecule has 1 atom stereocenters. The molecule has 0 saturated heterocycles. The van der Waals surface area contributed by atoms with Crippen molar-refractivity contribution < 1.29 is 9.84 Å². The van der Waals surface area contributed by atoms with Crippen LogP contribution in [-0.4, -0.2) is 11.7 Å². The van der Waals surface area contributed by atoms with E-state index in [2.05, 4.69) is 13.8 Å². The summed E-state index contributed by atoms with van der Waals surface area (Å²) in [6, 6.07) is 7.59. The van der Waals surface area contributed by atoms with Crippen LogP contribution in [0.1, 0.15) is 32.4 Å². The van der Waals surface area contributed by atoms with Gasteiger partial charge in [0.05, 0.1) is 12.7 Å². The van der Waals surface area contributed by atoms with Crippen LogP contribution in [0.3, 0.4) is 0 Å². The maximum Gasteiger partial charge on any atom is 0.119 e. The highest BCUT2D eigenvalue weighted by Crippen LogP contribution is 2.19. The molecule has 0 aliphatic heterocycles. The number of benzene rings is 1. The second-order valence-corrected chi connectivity index (χ2v) is 3.95. The second kappa shape index (κ2) is 5.01. The van der Waals surface area contributed by atoms with E-state index in [1.807, 2.05) is 24.3 Å². The number of rotatable bonds is 4. The van der Waals surface area contributed by atoms with Crippen molar-refractivity contribution >= 4 is 0 Å². The molecule has 0 bridgehead atoms. The predicted octanol–water partition coefficient (Wildman–Crippen LogP) is 2.77. The highest BCUT2D eigenvalue weighted by molar-refractivity contribution is 5.29. The van der Waals surface area contributed by atoms with Crippen LogP contribution < -0.4 is 4.74 Å². The molecule has 0 amide bonds. The van der Waals surface area contributed by atoms with Crippen LogP contribution in [0.4, 0.5) is 0 Å². The van der Waals surface area contributed by atoms with Crippen molar-refractivity contribution in [2.24, 2.45) is 5.92 Å². The maximum absolute atomic E-state index is 9.37. The Morgan fingerprint density at radius 2 is 2.00 bits per heavy atom. The average molecular weight is 194 g/mol. The lowest BCUT2D eigenvalue weighted by atomic mass is 10.1. The van der Waals surface area contributed by atoms with Gasteiger partial charge in [0, 0.05) is 0 Å². The monoisotopic (exact) mass is 194 g/mol. The van der Waals surface area contributed by atoms with Gasteiger partial charge in [-0.3, -0.25) is 0 Å². The van der Waals surface area contributed by atoms with E-state index in [1.165, 1.54) is 0 Å². The van der Waals surface area contributed by atoms with Crippen LogP contribution in [-0.2, 0) is 0 Å². The molecule has 0 radical (unpaired) electrons. The van der Waals surface area contributed by atoms with E-state index in [4.69, 9.17) is 4.74 Å². The van der Waals surface area contributed by atoms with Gasteiger partial charge < -0.3 is 9.84 Å². The third-order valence-corrected chi connectivity index (χ3v) is 1.92. The van der Waals surface area contributed by atoms with Crippen molar-refractivity contribution in [3.05, 3.63) is 29.8 Å². The fourth-order valence-electron chi connectivity index (χ4n) is 1.13. The summed E-state index contributed by atoms with van der Waals surface area (Å²) in [7, 11) is 0. The van der Waals surface area contributed by atoms with Crippen LogP contribution in [0, 0.1) is 5.92 Å². The van der Waals surface area contributed by atoms with Crippen molar-refractivity contribution in [2.45, 2.75) is 26.9 Å². The Balaban J connectivity index is 2.64. The third-order valence-electron chi connectivity index (χ3n) is 1.92. The van der Waals surface area contributed by atoms with E-state index in [0.717, 1.165) is 11.3 Å². The summed E-state index contributed by atoms with van der Waals surface area (Å²) in [4.78, 5) is 0. The summed E-state index contributed by atoms with van der Waals surface area (Å²) < 4.78 is 5.55. The SMILES string of the molecule is CC(C)COc1cccc(C(C)O)c1. The Bertz CT molecular complexity index is 279. The lowest BCUT2D eigenvalue weighted by Crippen LogP contribution is -2.04. The van der Waals surface area contributed by atoms with Gasteiger partial charge in [0.25, 0.3) is 0 Å². The lowest BCUT2D eigenvalue weighted by molar-refractivity contribution is 0.198. The standard InChI is InChI=1S/C12H18O2/c1-9(2)8-14-12-6-4-5-11(7-12)10(3)13/h4-7,9-10,13H,8H2,1-3H3. The van der Waals surface area contributed by atoms with Gasteiger partial charge in [0.15, 0.2) is 0 Å². The largest absolute Gasteiger partial charge is 0.493 e. The minimum absolute atomic E-state index is 0.433. The summed E-state index contributed by atoms with van der Waals surface area (Å²) in [5.74, 6) is 1.35. The van der Waals surface area contributed by atoms with Crippen LogP contribution in [0.25, 0.3) is 0 Å². The van der Waals surface area contributed by atoms with Crippen LogP contribution in [0.5, 0.6) is 5.75 Å². The van der Waals surface area contributed by atoms with Gasteiger partial charge in [-0.15, -0.1) is 0 Å². The molecule has 0 aliphatic rings. The summed E-state index contributed by atoms with van der Waals surface area (Å²) in [5, 5.41) is 9.37. The van der Waals surface area contributed by atoms with Gasteiger partial charge in [0.1, 0.15) is 5.75 Å². The first-order valence-corrected chi connectivity index (χ1v) is 5.00. The molecule has 0 fully saturated rings. The van der Waals surface area contributed by atoms with E-state index in [9.17, 15) is 5.11 Å². The number of ether oxygens (including phenoxy) is 1. The maximum atomic E-state index is 9.37. The summed E-state index contributed by atoms with van der Waals surface area (Å²) >= 11 is 0. The highest BCUT2D eigenvalue weighted by atomic mass is 16.5. The van der Waals surface area contributed by atoms with Crippen molar-refractivity contribution in [1.29, 1.82) is 0 Å². The lowest BCUT2D eigenvalue weighted by Gasteiger charge is -2.10. The Hall–Kier alpha value is -1.02. The molecular formula is C12H18O2. The fourth-order valence-corrected chi connectivity index (χ4v) is 1.13. The molecule has 78 valence electrons. The van der Waals surface area contributed by atoms with E-state index < -0.39 is 6.10 Å². The highest BCUT2D eigenvalue weighted by Gasteiger charge is 2.02. The molecule has 0 aromatic heterocycles. The first-order valence-electron chi connectivity index (χ1n) is 5.00. The molecule has 0 heterocycles. The molecule has 0 saturated carbocycles. The van der Waals surface area contributed by atoms with Crippen LogP contribution >= 0.6 is 0 Å². The molecule has 0 spiro atoms. The van der Waals surface area contributed by atoms with E-state index >= 15 is 0 Å². The van der Waals surface area contributed by atoms with Crippen molar-refractivity contribution in [3.63, 3.8) is 0 Å². The van der Waals surface area contributed by atoms with E-state index in [0.29, 0.717) is 12.5 Å². The first kappa shape index (κ1) is 11.1. The van der Waals surface area contributed by atoms with Crippen molar-refractivity contribution in [2.75, 3.05) is 6.61 Å². The van der Waals surface area contributed by atoms with Gasteiger partial charge in [-0.25, -0.2) is 0 Å². The minimum atomic E-state index is -0.433. The Kier molecular flexibility index (Phi) is 3.96. The van der Waals surface area contributed by atoms with Gasteiger partial charge in [-0.1, -0.05) is 26.0 Å². The Morgan fingerprint density at radius 3 is 2.57 bits per heavy atom. The van der Waals surface area contributed by atoms with E-state index in [-0.39, 0.29) is 0 Å². The smallest absolute Gasteiger partial charge is 0.119 e. The molecular weight excluding hydrogens is 176 g/mol. The van der Waals surface area contributed by atoms with Crippen molar-refractivity contribution in [1.82, 2.24) is 0 Å². The Morgan fingerprint density at radius 1 is 1.29 bits per heavy atom. The summed E-state index contributed by atoms with van der Waals surface area (Å²) in [6.45, 7) is 6.68. The molecule has 1 rings (SSSR count). The molecule has 0 aliphatic carbocycles. The predicted molar refractivity (Wildman–Crippen MR) is 57.4 cm³/mol. The quantitative estimate of drug-likeness (QED) is 0.798. The molecule has 14 heavy (non-hydrogen) atoms. The summed E-state index contributed by atoms with van der Waals surface area (Å²) in [6.07, 6.45) is -0.433. The molecule has 2 nitrogen and oxygen atoms in total. The van der Waals surface area contributed by atoms with Crippen LogP contribution in [0.15, 0.2) is 24.3 Å². The molecule has 1 unspecified atom stereocenters. The number of hydrogen-bond donors (Lipinski definition) is 1. The van der Waals surface area contributed by atoms with Gasteiger partial charge in [0.2, 0.25) is 0 Å². The van der Waals surface area contributed by atoms with E-state index in [1.54, 1.807) is 6.92 Å². The zero-order chi connectivity index (χ0) is 10.6. The number of hydrogen-bond acceptors (Lipinski definition) is 2. The average Bonchev–Trinajstić information content (AvgIpc) is 2.15.